The van der Waals surface area contributed by atoms with Crippen LogP contribution in [0.2, 0.25) is 0 Å². The van der Waals surface area contributed by atoms with Crippen LogP contribution in [-0.4, -0.2) is 30.9 Å². The summed E-state index contributed by atoms with van der Waals surface area (Å²) in [6.45, 7) is 7.92. The fraction of sp³-hybridized carbons (Fsp3) is 0.318. The molecule has 0 spiro atoms. The van der Waals surface area contributed by atoms with Gasteiger partial charge in [-0.1, -0.05) is 32.9 Å². The summed E-state index contributed by atoms with van der Waals surface area (Å²) in [6.07, 6.45) is 0. The molecule has 0 aliphatic rings. The summed E-state index contributed by atoms with van der Waals surface area (Å²) in [5.41, 5.74) is 2.54. The Morgan fingerprint density at radius 1 is 0.893 bits per heavy atom. The molecule has 0 saturated heterocycles. The smallest absolute Gasteiger partial charge is 0.337 e. The number of nitrogens with one attached hydrogen (secondary N) is 2. The van der Waals surface area contributed by atoms with Gasteiger partial charge in [0.1, 0.15) is 6.04 Å². The van der Waals surface area contributed by atoms with E-state index in [1.54, 1.807) is 43.3 Å². The fourth-order valence-corrected chi connectivity index (χ4v) is 2.53. The van der Waals surface area contributed by atoms with Gasteiger partial charge in [-0.25, -0.2) is 4.79 Å². The molecule has 148 valence electrons. The molecule has 0 radical (unpaired) electrons. The predicted octanol–water partition coefficient (Wildman–Crippen LogP) is 3.53. The summed E-state index contributed by atoms with van der Waals surface area (Å²) in [6, 6.07) is 12.9. The van der Waals surface area contributed by atoms with Gasteiger partial charge in [-0.2, -0.15) is 0 Å². The molecular formula is C22H26N2O4. The highest BCUT2D eigenvalue weighted by atomic mass is 16.5. The molecule has 2 aromatic rings. The Bertz CT molecular complexity index is 850. The Kier molecular flexibility index (Phi) is 6.57. The van der Waals surface area contributed by atoms with Crippen LogP contribution in [0.4, 0.5) is 5.69 Å². The van der Waals surface area contributed by atoms with Crippen LogP contribution in [0.15, 0.2) is 48.5 Å². The van der Waals surface area contributed by atoms with Crippen molar-refractivity contribution in [3.8, 4) is 0 Å². The van der Waals surface area contributed by atoms with E-state index in [2.05, 4.69) is 36.1 Å². The van der Waals surface area contributed by atoms with E-state index in [1.165, 1.54) is 7.11 Å². The molecule has 2 N–H and O–H groups in total. The van der Waals surface area contributed by atoms with Crippen LogP contribution < -0.4 is 10.6 Å². The van der Waals surface area contributed by atoms with Crippen molar-refractivity contribution in [1.82, 2.24) is 5.32 Å². The quantitative estimate of drug-likeness (QED) is 0.775. The SMILES string of the molecule is COC(=O)c1ccc(NC(=O)C(C)NC(=O)c2ccc(C(C)(C)C)cc2)cc1. The maximum Gasteiger partial charge on any atom is 0.337 e. The van der Waals surface area contributed by atoms with Crippen LogP contribution in [0.5, 0.6) is 0 Å². The van der Waals surface area contributed by atoms with E-state index in [0.717, 1.165) is 5.56 Å². The second-order valence-electron chi connectivity index (χ2n) is 7.58. The fourth-order valence-electron chi connectivity index (χ4n) is 2.53. The van der Waals surface area contributed by atoms with E-state index in [9.17, 15) is 14.4 Å². The normalized spacial score (nSPS) is 12.0. The molecule has 1 atom stereocenters. The summed E-state index contributed by atoms with van der Waals surface area (Å²) in [5.74, 6) is -1.12. The van der Waals surface area contributed by atoms with Crippen LogP contribution in [-0.2, 0) is 14.9 Å². The zero-order valence-corrected chi connectivity index (χ0v) is 16.8. The van der Waals surface area contributed by atoms with Crippen LogP contribution in [0.25, 0.3) is 0 Å². The van der Waals surface area contributed by atoms with Crippen LogP contribution in [0.3, 0.4) is 0 Å². The number of carbonyl (C=O) groups excluding carboxylic acids is 3. The number of methoxy groups -OCH3 is 1. The number of amides is 2. The van der Waals surface area contributed by atoms with Crippen molar-refractivity contribution >= 4 is 23.5 Å². The molecule has 6 nitrogen and oxygen atoms in total. The van der Waals surface area contributed by atoms with Crippen LogP contribution in [0.1, 0.15) is 54.0 Å². The molecule has 0 saturated carbocycles. The summed E-state index contributed by atoms with van der Waals surface area (Å²) in [4.78, 5) is 36.1. The van der Waals surface area contributed by atoms with Gasteiger partial charge < -0.3 is 15.4 Å². The first kappa shape index (κ1) is 21.2. The van der Waals surface area contributed by atoms with Gasteiger partial charge in [0, 0.05) is 11.3 Å². The third-order valence-corrected chi connectivity index (χ3v) is 4.33. The van der Waals surface area contributed by atoms with Crippen molar-refractivity contribution in [3.05, 3.63) is 65.2 Å². The zero-order chi connectivity index (χ0) is 20.9. The van der Waals surface area contributed by atoms with Crippen molar-refractivity contribution in [2.24, 2.45) is 0 Å². The molecule has 0 aromatic heterocycles. The van der Waals surface area contributed by atoms with E-state index in [0.29, 0.717) is 16.8 Å². The summed E-state index contributed by atoms with van der Waals surface area (Å²) in [7, 11) is 1.30. The molecule has 1 unspecified atom stereocenters. The number of rotatable bonds is 5. The van der Waals surface area contributed by atoms with E-state index >= 15 is 0 Å². The molecule has 0 bridgehead atoms. The highest BCUT2D eigenvalue weighted by Gasteiger charge is 2.18. The van der Waals surface area contributed by atoms with E-state index in [1.807, 2.05) is 12.1 Å². The summed E-state index contributed by atoms with van der Waals surface area (Å²) in [5, 5.41) is 5.39. The molecule has 0 fully saturated rings. The highest BCUT2D eigenvalue weighted by molar-refractivity contribution is 6.01. The molecule has 0 heterocycles. The Hall–Kier alpha value is -3.15. The van der Waals surface area contributed by atoms with Gasteiger partial charge in [0.25, 0.3) is 5.91 Å². The monoisotopic (exact) mass is 382 g/mol. The number of hydrogen-bond donors (Lipinski definition) is 2. The number of esters is 1. The van der Waals surface area contributed by atoms with E-state index < -0.39 is 12.0 Å². The topological polar surface area (TPSA) is 84.5 Å². The minimum atomic E-state index is -0.727. The average Bonchev–Trinajstić information content (AvgIpc) is 2.67. The Morgan fingerprint density at radius 2 is 1.43 bits per heavy atom. The van der Waals surface area contributed by atoms with Crippen molar-refractivity contribution in [1.29, 1.82) is 0 Å². The molecule has 28 heavy (non-hydrogen) atoms. The Morgan fingerprint density at radius 3 is 1.93 bits per heavy atom. The molecular weight excluding hydrogens is 356 g/mol. The van der Waals surface area contributed by atoms with Gasteiger partial charge in [0.2, 0.25) is 5.91 Å². The van der Waals surface area contributed by atoms with Crippen LogP contribution >= 0.6 is 0 Å². The van der Waals surface area contributed by atoms with Crippen molar-refractivity contribution in [2.75, 3.05) is 12.4 Å². The highest BCUT2D eigenvalue weighted by Crippen LogP contribution is 2.22. The lowest BCUT2D eigenvalue weighted by Gasteiger charge is -2.19. The molecule has 0 aliphatic heterocycles. The zero-order valence-electron chi connectivity index (χ0n) is 16.8. The summed E-state index contributed by atoms with van der Waals surface area (Å²) >= 11 is 0. The summed E-state index contributed by atoms with van der Waals surface area (Å²) < 4.78 is 4.63. The number of carbonyl (C=O) groups is 3. The second kappa shape index (κ2) is 8.69. The first-order valence-electron chi connectivity index (χ1n) is 9.02. The molecule has 2 aromatic carbocycles. The third-order valence-electron chi connectivity index (χ3n) is 4.33. The number of benzene rings is 2. The maximum absolute atomic E-state index is 12.4. The lowest BCUT2D eigenvalue weighted by atomic mass is 9.86. The molecule has 2 rings (SSSR count). The van der Waals surface area contributed by atoms with Gasteiger partial charge >= 0.3 is 5.97 Å². The Labute approximate surface area is 165 Å². The first-order valence-corrected chi connectivity index (χ1v) is 9.02. The standard InChI is InChI=1S/C22H26N2O4/c1-14(19(25)24-18-12-8-16(9-13-18)21(27)28-5)23-20(26)15-6-10-17(11-7-15)22(2,3)4/h6-14H,1-5H3,(H,23,26)(H,24,25). The lowest BCUT2D eigenvalue weighted by molar-refractivity contribution is -0.117. The van der Waals surface area contributed by atoms with Gasteiger partial charge in [-0.05, 0) is 54.3 Å². The van der Waals surface area contributed by atoms with Crippen LogP contribution in [0, 0.1) is 0 Å². The number of ether oxygens (including phenoxy) is 1. The van der Waals surface area contributed by atoms with Gasteiger partial charge in [0.05, 0.1) is 12.7 Å². The van der Waals surface area contributed by atoms with E-state index in [4.69, 9.17) is 0 Å². The lowest BCUT2D eigenvalue weighted by Crippen LogP contribution is -2.41. The van der Waals surface area contributed by atoms with Gasteiger partial charge in [0.15, 0.2) is 0 Å². The van der Waals surface area contributed by atoms with Crippen molar-refractivity contribution in [2.45, 2.75) is 39.2 Å². The largest absolute Gasteiger partial charge is 0.465 e. The molecule has 6 heteroatoms. The minimum absolute atomic E-state index is 0.00555. The number of hydrogen-bond acceptors (Lipinski definition) is 4. The van der Waals surface area contributed by atoms with E-state index in [-0.39, 0.29) is 17.2 Å². The van der Waals surface area contributed by atoms with Gasteiger partial charge in [-0.3, -0.25) is 9.59 Å². The minimum Gasteiger partial charge on any atom is -0.465 e. The average molecular weight is 382 g/mol. The van der Waals surface area contributed by atoms with Gasteiger partial charge in [-0.15, -0.1) is 0 Å². The molecule has 0 aliphatic carbocycles. The third kappa shape index (κ3) is 5.42. The molecule has 2 amide bonds. The first-order chi connectivity index (χ1) is 13.1. The second-order valence-corrected chi connectivity index (χ2v) is 7.58. The van der Waals surface area contributed by atoms with Crippen molar-refractivity contribution < 1.29 is 19.1 Å². The number of anilines is 1. The van der Waals surface area contributed by atoms with Crippen molar-refractivity contribution in [3.63, 3.8) is 0 Å². The Balaban J connectivity index is 1.96. The predicted molar refractivity (Wildman–Crippen MR) is 108 cm³/mol. The maximum atomic E-state index is 12.4.